The van der Waals surface area contributed by atoms with Crippen LogP contribution in [0.3, 0.4) is 0 Å². The molecule has 0 aliphatic carbocycles. The van der Waals surface area contributed by atoms with Gasteiger partial charge in [0, 0.05) is 13.6 Å². The number of fused-ring (bicyclic) bond motifs is 1. The standard InChI is InChI=1S/C13H15N5S/c1-3-9-12(19-17-16-9)13-15-10-6-8(7-14)4-5-11(10)18(13)2/h4-6H,3,7,14H2,1-2H3. The molecule has 2 N–H and O–H groups in total. The van der Waals surface area contributed by atoms with Crippen molar-refractivity contribution in [2.45, 2.75) is 19.9 Å². The summed E-state index contributed by atoms with van der Waals surface area (Å²) in [4.78, 5) is 5.76. The second kappa shape index (κ2) is 4.71. The maximum absolute atomic E-state index is 5.67. The van der Waals surface area contributed by atoms with E-state index in [9.17, 15) is 0 Å². The molecule has 0 aliphatic heterocycles. The number of aromatic nitrogens is 4. The summed E-state index contributed by atoms with van der Waals surface area (Å²) in [6.07, 6.45) is 0.864. The third kappa shape index (κ3) is 1.93. The zero-order valence-electron chi connectivity index (χ0n) is 10.9. The quantitative estimate of drug-likeness (QED) is 0.793. The van der Waals surface area contributed by atoms with Crippen LogP contribution in [0.4, 0.5) is 0 Å². The molecule has 98 valence electrons. The van der Waals surface area contributed by atoms with Crippen LogP contribution in [-0.2, 0) is 20.0 Å². The molecule has 0 unspecified atom stereocenters. The molecule has 5 nitrogen and oxygen atoms in total. The van der Waals surface area contributed by atoms with Crippen molar-refractivity contribution in [3.05, 3.63) is 29.5 Å². The molecule has 0 spiro atoms. The number of rotatable bonds is 3. The van der Waals surface area contributed by atoms with Gasteiger partial charge >= 0.3 is 0 Å². The predicted octanol–water partition coefficient (Wildman–Crippen LogP) is 2.11. The number of nitrogens with two attached hydrogens (primary N) is 1. The zero-order valence-corrected chi connectivity index (χ0v) is 11.7. The lowest BCUT2D eigenvalue weighted by Crippen LogP contribution is -1.96. The minimum atomic E-state index is 0.532. The average Bonchev–Trinajstić information content (AvgIpc) is 3.02. The molecule has 0 radical (unpaired) electrons. The van der Waals surface area contributed by atoms with Gasteiger partial charge in [-0.05, 0) is 35.6 Å². The zero-order chi connectivity index (χ0) is 13.4. The molecular formula is C13H15N5S. The van der Waals surface area contributed by atoms with Crippen molar-refractivity contribution >= 4 is 22.6 Å². The first-order valence-corrected chi connectivity index (χ1v) is 6.99. The summed E-state index contributed by atoms with van der Waals surface area (Å²) in [6, 6.07) is 6.15. The van der Waals surface area contributed by atoms with Gasteiger partial charge < -0.3 is 10.3 Å². The molecule has 0 bridgehead atoms. The maximum Gasteiger partial charge on any atom is 0.154 e. The van der Waals surface area contributed by atoms with Gasteiger partial charge in [-0.3, -0.25) is 0 Å². The normalized spacial score (nSPS) is 11.3. The minimum Gasteiger partial charge on any atom is -0.326 e. The summed E-state index contributed by atoms with van der Waals surface area (Å²) in [5, 5.41) is 4.15. The average molecular weight is 273 g/mol. The van der Waals surface area contributed by atoms with Gasteiger partial charge in [-0.2, -0.15) is 0 Å². The SMILES string of the molecule is CCc1nnsc1-c1nc2cc(CN)ccc2n1C. The summed E-state index contributed by atoms with van der Waals surface area (Å²) in [5.41, 5.74) is 9.84. The predicted molar refractivity (Wildman–Crippen MR) is 76.9 cm³/mol. The number of aryl methyl sites for hydroxylation is 2. The van der Waals surface area contributed by atoms with Crippen LogP contribution in [0.2, 0.25) is 0 Å². The van der Waals surface area contributed by atoms with Crippen LogP contribution in [0.5, 0.6) is 0 Å². The fourth-order valence-corrected chi connectivity index (χ4v) is 2.96. The molecule has 0 amide bonds. The monoisotopic (exact) mass is 273 g/mol. The molecule has 2 heterocycles. The summed E-state index contributed by atoms with van der Waals surface area (Å²) in [6.45, 7) is 2.61. The lowest BCUT2D eigenvalue weighted by molar-refractivity contribution is 0.945. The molecule has 0 aliphatic rings. The highest BCUT2D eigenvalue weighted by Gasteiger charge is 2.16. The van der Waals surface area contributed by atoms with Crippen LogP contribution in [0.25, 0.3) is 21.7 Å². The van der Waals surface area contributed by atoms with E-state index in [0.29, 0.717) is 6.54 Å². The van der Waals surface area contributed by atoms with E-state index < -0.39 is 0 Å². The third-order valence-electron chi connectivity index (χ3n) is 3.27. The number of nitrogens with zero attached hydrogens (tertiary/aromatic N) is 4. The molecule has 0 saturated heterocycles. The number of hydrogen-bond acceptors (Lipinski definition) is 5. The Morgan fingerprint density at radius 1 is 1.37 bits per heavy atom. The summed E-state index contributed by atoms with van der Waals surface area (Å²) < 4.78 is 6.12. The van der Waals surface area contributed by atoms with Gasteiger partial charge in [0.15, 0.2) is 5.82 Å². The smallest absolute Gasteiger partial charge is 0.154 e. The van der Waals surface area contributed by atoms with Crippen LogP contribution in [0.1, 0.15) is 18.2 Å². The Morgan fingerprint density at radius 3 is 2.95 bits per heavy atom. The van der Waals surface area contributed by atoms with Crippen LogP contribution in [0.15, 0.2) is 18.2 Å². The number of benzene rings is 1. The van der Waals surface area contributed by atoms with Crippen molar-refractivity contribution < 1.29 is 0 Å². The Kier molecular flexibility index (Phi) is 3.04. The van der Waals surface area contributed by atoms with E-state index in [1.165, 1.54) is 11.5 Å². The fraction of sp³-hybridized carbons (Fsp3) is 0.308. The summed E-state index contributed by atoms with van der Waals surface area (Å²) in [5.74, 6) is 0.927. The molecule has 2 aromatic heterocycles. The highest BCUT2D eigenvalue weighted by molar-refractivity contribution is 7.09. The van der Waals surface area contributed by atoms with Gasteiger partial charge in [-0.1, -0.05) is 17.5 Å². The van der Waals surface area contributed by atoms with E-state index in [-0.39, 0.29) is 0 Å². The molecule has 1 aromatic carbocycles. The largest absolute Gasteiger partial charge is 0.326 e. The molecule has 6 heteroatoms. The molecular weight excluding hydrogens is 258 g/mol. The number of imidazole rings is 1. The van der Waals surface area contributed by atoms with Gasteiger partial charge in [0.25, 0.3) is 0 Å². The minimum absolute atomic E-state index is 0.532. The van der Waals surface area contributed by atoms with Crippen LogP contribution >= 0.6 is 11.5 Å². The fourth-order valence-electron chi connectivity index (χ4n) is 2.19. The lowest BCUT2D eigenvalue weighted by Gasteiger charge is -2.00. The van der Waals surface area contributed by atoms with Crippen molar-refractivity contribution in [1.29, 1.82) is 0 Å². The Bertz CT molecular complexity index is 728. The summed E-state index contributed by atoms with van der Waals surface area (Å²) >= 11 is 1.40. The third-order valence-corrected chi connectivity index (χ3v) is 4.04. The van der Waals surface area contributed by atoms with Crippen molar-refractivity contribution in [3.8, 4) is 10.7 Å². The van der Waals surface area contributed by atoms with Crippen molar-refractivity contribution in [1.82, 2.24) is 19.1 Å². The van der Waals surface area contributed by atoms with E-state index in [1.54, 1.807) is 0 Å². The van der Waals surface area contributed by atoms with Crippen LogP contribution in [-0.4, -0.2) is 19.1 Å². The first-order valence-electron chi connectivity index (χ1n) is 6.21. The van der Waals surface area contributed by atoms with E-state index in [1.807, 2.05) is 19.2 Å². The first kappa shape index (κ1) is 12.3. The van der Waals surface area contributed by atoms with Crippen LogP contribution < -0.4 is 5.73 Å². The lowest BCUT2D eigenvalue weighted by atomic mass is 10.2. The van der Waals surface area contributed by atoms with Crippen LogP contribution in [0, 0.1) is 0 Å². The molecule has 0 fully saturated rings. The highest BCUT2D eigenvalue weighted by atomic mass is 32.1. The van der Waals surface area contributed by atoms with E-state index in [2.05, 4.69) is 27.1 Å². The van der Waals surface area contributed by atoms with Crippen molar-refractivity contribution in [2.75, 3.05) is 0 Å². The van der Waals surface area contributed by atoms with Gasteiger partial charge in [-0.15, -0.1) is 5.10 Å². The van der Waals surface area contributed by atoms with E-state index >= 15 is 0 Å². The molecule has 3 rings (SSSR count). The molecule has 3 aromatic rings. The van der Waals surface area contributed by atoms with Gasteiger partial charge in [-0.25, -0.2) is 4.98 Å². The Labute approximate surface area is 115 Å². The van der Waals surface area contributed by atoms with Gasteiger partial charge in [0.2, 0.25) is 0 Å². The van der Waals surface area contributed by atoms with Crippen molar-refractivity contribution in [3.63, 3.8) is 0 Å². The molecule has 0 atom stereocenters. The van der Waals surface area contributed by atoms with E-state index in [4.69, 9.17) is 10.7 Å². The Hall–Kier alpha value is -1.79. The molecule has 19 heavy (non-hydrogen) atoms. The second-order valence-corrected chi connectivity index (χ2v) is 5.18. The van der Waals surface area contributed by atoms with Gasteiger partial charge in [0.05, 0.1) is 16.7 Å². The van der Waals surface area contributed by atoms with Gasteiger partial charge in [0.1, 0.15) is 4.88 Å². The number of hydrogen-bond donors (Lipinski definition) is 1. The molecule has 0 saturated carbocycles. The Balaban J connectivity index is 2.22. The summed E-state index contributed by atoms with van der Waals surface area (Å²) in [7, 11) is 2.02. The van der Waals surface area contributed by atoms with Crippen molar-refractivity contribution in [2.24, 2.45) is 12.8 Å². The van der Waals surface area contributed by atoms with E-state index in [0.717, 1.165) is 39.4 Å². The maximum atomic E-state index is 5.67. The first-order chi connectivity index (χ1) is 9.24. The topological polar surface area (TPSA) is 69.6 Å². The highest BCUT2D eigenvalue weighted by Crippen LogP contribution is 2.28. The Morgan fingerprint density at radius 2 is 2.21 bits per heavy atom. The second-order valence-electron chi connectivity index (χ2n) is 4.42.